The summed E-state index contributed by atoms with van der Waals surface area (Å²) in [7, 11) is 2.07. The first-order valence-corrected chi connectivity index (χ1v) is 7.21. The Kier molecular flexibility index (Phi) is 4.33. The highest BCUT2D eigenvalue weighted by molar-refractivity contribution is 5.49. The lowest BCUT2D eigenvalue weighted by molar-refractivity contribution is 0.590. The molecule has 2 nitrogen and oxygen atoms in total. The summed E-state index contributed by atoms with van der Waals surface area (Å²) in [5.74, 6) is 0. The minimum absolute atomic E-state index is 0.192. The third-order valence-electron chi connectivity index (χ3n) is 3.68. The molecule has 0 bridgehead atoms. The van der Waals surface area contributed by atoms with Gasteiger partial charge >= 0.3 is 0 Å². The van der Waals surface area contributed by atoms with Crippen molar-refractivity contribution in [2.75, 3.05) is 11.9 Å². The highest BCUT2D eigenvalue weighted by atomic mass is 15.1. The van der Waals surface area contributed by atoms with Gasteiger partial charge in [0.2, 0.25) is 0 Å². The zero-order chi connectivity index (χ0) is 15.5. The van der Waals surface area contributed by atoms with E-state index < -0.39 is 0 Å². The van der Waals surface area contributed by atoms with Gasteiger partial charge in [-0.25, -0.2) is 0 Å². The van der Waals surface area contributed by atoms with Crippen LogP contribution in [-0.4, -0.2) is 7.05 Å². The highest BCUT2D eigenvalue weighted by Crippen LogP contribution is 2.23. The smallest absolute Gasteiger partial charge is 0.0991 e. The number of nitriles is 1. The summed E-state index contributed by atoms with van der Waals surface area (Å²) in [4.78, 5) is 2.19. The zero-order valence-corrected chi connectivity index (χ0v) is 13.2. The molecule has 0 aromatic heterocycles. The largest absolute Gasteiger partial charge is 0.370 e. The molecule has 108 valence electrons. The van der Waals surface area contributed by atoms with Crippen LogP contribution in [-0.2, 0) is 12.0 Å². The first-order chi connectivity index (χ1) is 9.90. The van der Waals surface area contributed by atoms with Crippen LogP contribution in [0, 0.1) is 11.3 Å². The van der Waals surface area contributed by atoms with Gasteiger partial charge < -0.3 is 4.90 Å². The maximum absolute atomic E-state index is 8.83. The molecule has 0 saturated heterocycles. The summed E-state index contributed by atoms with van der Waals surface area (Å²) in [6, 6.07) is 18.6. The fourth-order valence-electron chi connectivity index (χ4n) is 2.27. The number of anilines is 1. The Hall–Kier alpha value is -2.27. The topological polar surface area (TPSA) is 27.0 Å². The van der Waals surface area contributed by atoms with Gasteiger partial charge in [0.05, 0.1) is 11.6 Å². The molecule has 0 aliphatic rings. The molecule has 0 fully saturated rings. The molecule has 0 amide bonds. The van der Waals surface area contributed by atoms with Crippen LogP contribution in [0.5, 0.6) is 0 Å². The zero-order valence-electron chi connectivity index (χ0n) is 13.2. The Balaban J connectivity index is 2.08. The van der Waals surface area contributed by atoms with Gasteiger partial charge in [0, 0.05) is 19.3 Å². The van der Waals surface area contributed by atoms with E-state index in [1.165, 1.54) is 11.1 Å². The summed E-state index contributed by atoms with van der Waals surface area (Å²) < 4.78 is 0. The Morgan fingerprint density at radius 3 is 2.00 bits per heavy atom. The lowest BCUT2D eigenvalue weighted by atomic mass is 9.87. The summed E-state index contributed by atoms with van der Waals surface area (Å²) in [6.45, 7) is 7.54. The molecular formula is C19H22N2. The first-order valence-electron chi connectivity index (χ1n) is 7.21. The van der Waals surface area contributed by atoms with E-state index in [4.69, 9.17) is 5.26 Å². The fourth-order valence-corrected chi connectivity index (χ4v) is 2.27. The Morgan fingerprint density at radius 2 is 1.52 bits per heavy atom. The molecule has 2 rings (SSSR count). The van der Waals surface area contributed by atoms with Gasteiger partial charge in [-0.15, -0.1) is 0 Å². The second-order valence-corrected chi connectivity index (χ2v) is 6.46. The predicted octanol–water partition coefficient (Wildman–Crippen LogP) is 4.49. The van der Waals surface area contributed by atoms with Crippen LogP contribution in [0.15, 0.2) is 48.5 Å². The number of hydrogen-bond donors (Lipinski definition) is 0. The maximum Gasteiger partial charge on any atom is 0.0991 e. The lowest BCUT2D eigenvalue weighted by Gasteiger charge is -2.22. The quantitative estimate of drug-likeness (QED) is 0.827. The van der Waals surface area contributed by atoms with Crippen molar-refractivity contribution in [2.45, 2.75) is 32.7 Å². The van der Waals surface area contributed by atoms with Crippen LogP contribution in [0.1, 0.15) is 37.5 Å². The third kappa shape index (κ3) is 3.86. The molecule has 0 heterocycles. The van der Waals surface area contributed by atoms with Crippen molar-refractivity contribution in [3.05, 3.63) is 65.2 Å². The average molecular weight is 278 g/mol. The second kappa shape index (κ2) is 6.01. The van der Waals surface area contributed by atoms with Crippen molar-refractivity contribution in [3.8, 4) is 6.07 Å². The molecule has 0 atom stereocenters. The molecule has 0 aliphatic carbocycles. The van der Waals surface area contributed by atoms with Gasteiger partial charge in [0.15, 0.2) is 0 Å². The lowest BCUT2D eigenvalue weighted by Crippen LogP contribution is -2.16. The summed E-state index contributed by atoms with van der Waals surface area (Å²) in [5.41, 5.74) is 4.65. The van der Waals surface area contributed by atoms with Gasteiger partial charge in [-0.2, -0.15) is 5.26 Å². The molecule has 2 aromatic rings. The van der Waals surface area contributed by atoms with Crippen LogP contribution >= 0.6 is 0 Å². The van der Waals surface area contributed by atoms with Crippen molar-refractivity contribution < 1.29 is 0 Å². The summed E-state index contributed by atoms with van der Waals surface area (Å²) >= 11 is 0. The molecule has 2 heteroatoms. The van der Waals surface area contributed by atoms with E-state index in [0.717, 1.165) is 12.2 Å². The van der Waals surface area contributed by atoms with Gasteiger partial charge in [-0.1, -0.05) is 45.0 Å². The van der Waals surface area contributed by atoms with Crippen LogP contribution in [0.4, 0.5) is 5.69 Å². The fraction of sp³-hybridized carbons (Fsp3) is 0.316. The third-order valence-corrected chi connectivity index (χ3v) is 3.68. The van der Waals surface area contributed by atoms with E-state index in [-0.39, 0.29) is 5.41 Å². The highest BCUT2D eigenvalue weighted by Gasteiger charge is 2.13. The van der Waals surface area contributed by atoms with E-state index in [2.05, 4.69) is 63.1 Å². The number of rotatable bonds is 3. The van der Waals surface area contributed by atoms with E-state index in [1.807, 2.05) is 24.3 Å². The minimum atomic E-state index is 0.192. The molecule has 0 spiro atoms. The molecule has 0 N–H and O–H groups in total. The SMILES string of the molecule is CN(Cc1ccc(C(C)(C)C)cc1)c1ccc(C#N)cc1. The summed E-state index contributed by atoms with van der Waals surface area (Å²) in [6.07, 6.45) is 0. The molecule has 0 radical (unpaired) electrons. The first kappa shape index (κ1) is 15.1. The van der Waals surface area contributed by atoms with Crippen molar-refractivity contribution in [1.29, 1.82) is 5.26 Å². The second-order valence-electron chi connectivity index (χ2n) is 6.46. The molecule has 0 aliphatic heterocycles. The van der Waals surface area contributed by atoms with Crippen molar-refractivity contribution >= 4 is 5.69 Å². The Morgan fingerprint density at radius 1 is 0.952 bits per heavy atom. The Bertz CT molecular complexity index is 625. The van der Waals surface area contributed by atoms with Gasteiger partial charge in [-0.05, 0) is 40.8 Å². The molecular weight excluding hydrogens is 256 g/mol. The molecule has 0 unspecified atom stereocenters. The standard InChI is InChI=1S/C19H22N2/c1-19(2,3)17-9-5-16(6-10-17)14-21(4)18-11-7-15(13-20)8-12-18/h5-12H,14H2,1-4H3. The number of benzene rings is 2. The van der Waals surface area contributed by atoms with Crippen LogP contribution in [0.25, 0.3) is 0 Å². The average Bonchev–Trinajstić information content (AvgIpc) is 2.47. The Labute approximate surface area is 127 Å². The van der Waals surface area contributed by atoms with Crippen molar-refractivity contribution in [3.63, 3.8) is 0 Å². The number of hydrogen-bond acceptors (Lipinski definition) is 2. The van der Waals surface area contributed by atoms with Crippen molar-refractivity contribution in [1.82, 2.24) is 0 Å². The van der Waals surface area contributed by atoms with E-state index >= 15 is 0 Å². The maximum atomic E-state index is 8.83. The molecule has 21 heavy (non-hydrogen) atoms. The van der Waals surface area contributed by atoms with E-state index in [0.29, 0.717) is 5.56 Å². The van der Waals surface area contributed by atoms with Crippen LogP contribution < -0.4 is 4.90 Å². The van der Waals surface area contributed by atoms with Crippen LogP contribution in [0.2, 0.25) is 0 Å². The van der Waals surface area contributed by atoms with Gasteiger partial charge in [0.25, 0.3) is 0 Å². The van der Waals surface area contributed by atoms with Gasteiger partial charge in [-0.3, -0.25) is 0 Å². The normalized spacial score (nSPS) is 11.0. The van der Waals surface area contributed by atoms with Crippen molar-refractivity contribution in [2.24, 2.45) is 0 Å². The van der Waals surface area contributed by atoms with E-state index in [9.17, 15) is 0 Å². The number of nitrogens with zero attached hydrogens (tertiary/aromatic N) is 2. The predicted molar refractivity (Wildman–Crippen MR) is 88.4 cm³/mol. The monoisotopic (exact) mass is 278 g/mol. The minimum Gasteiger partial charge on any atom is -0.370 e. The van der Waals surface area contributed by atoms with E-state index in [1.54, 1.807) is 0 Å². The van der Waals surface area contributed by atoms with Crippen LogP contribution in [0.3, 0.4) is 0 Å². The van der Waals surface area contributed by atoms with Gasteiger partial charge in [0.1, 0.15) is 0 Å². The molecule has 0 saturated carbocycles. The summed E-state index contributed by atoms with van der Waals surface area (Å²) in [5, 5.41) is 8.83. The molecule has 2 aromatic carbocycles.